The molecule has 0 heterocycles. The molecule has 116 valence electrons. The lowest BCUT2D eigenvalue weighted by atomic mass is 10.0. The predicted octanol–water partition coefficient (Wildman–Crippen LogP) is 4.25. The van der Waals surface area contributed by atoms with E-state index in [0.717, 1.165) is 22.9 Å². The van der Waals surface area contributed by atoms with Crippen molar-refractivity contribution in [3.63, 3.8) is 0 Å². The summed E-state index contributed by atoms with van der Waals surface area (Å²) < 4.78 is 10.8. The topological polar surface area (TPSA) is 35.5 Å². The van der Waals surface area contributed by atoms with Crippen LogP contribution in [0.4, 0.5) is 0 Å². The molecule has 0 aliphatic carbocycles. The van der Waals surface area contributed by atoms with Crippen molar-refractivity contribution in [2.24, 2.45) is 0 Å². The number of rotatable bonds is 5. The van der Waals surface area contributed by atoms with Crippen molar-refractivity contribution in [2.45, 2.75) is 6.42 Å². The molecule has 23 heavy (non-hydrogen) atoms. The van der Waals surface area contributed by atoms with Crippen LogP contribution in [0.15, 0.2) is 66.7 Å². The van der Waals surface area contributed by atoms with Crippen molar-refractivity contribution in [1.82, 2.24) is 0 Å². The molecule has 0 unspecified atom stereocenters. The van der Waals surface area contributed by atoms with Crippen LogP contribution in [-0.2, 0) is 11.2 Å². The van der Waals surface area contributed by atoms with Crippen molar-refractivity contribution in [2.75, 3.05) is 13.7 Å². The number of hydrogen-bond donors (Lipinski definition) is 0. The molecule has 3 aromatic carbocycles. The van der Waals surface area contributed by atoms with Crippen molar-refractivity contribution in [1.29, 1.82) is 0 Å². The van der Waals surface area contributed by atoms with E-state index in [1.807, 2.05) is 48.5 Å². The highest BCUT2D eigenvalue weighted by Gasteiger charge is 2.13. The van der Waals surface area contributed by atoms with Gasteiger partial charge in [-0.2, -0.15) is 0 Å². The molecule has 3 aromatic rings. The van der Waals surface area contributed by atoms with Crippen LogP contribution in [0.1, 0.15) is 15.9 Å². The lowest BCUT2D eigenvalue weighted by Gasteiger charge is -2.12. The van der Waals surface area contributed by atoms with Crippen molar-refractivity contribution in [3.8, 4) is 5.75 Å². The first kappa shape index (κ1) is 15.1. The molecule has 3 rings (SSSR count). The average Bonchev–Trinajstić information content (AvgIpc) is 2.62. The molecular formula is C20H18O3. The third kappa shape index (κ3) is 3.34. The maximum absolute atomic E-state index is 11.9. The molecule has 0 saturated carbocycles. The van der Waals surface area contributed by atoms with Crippen LogP contribution in [0.2, 0.25) is 0 Å². The van der Waals surface area contributed by atoms with E-state index in [2.05, 4.69) is 12.1 Å². The van der Waals surface area contributed by atoms with Crippen LogP contribution in [0, 0.1) is 0 Å². The molecule has 0 aromatic heterocycles. The summed E-state index contributed by atoms with van der Waals surface area (Å²) in [5.74, 6) is 0.446. The summed E-state index contributed by atoms with van der Waals surface area (Å²) in [7, 11) is 1.39. The first-order valence-electron chi connectivity index (χ1n) is 7.56. The smallest absolute Gasteiger partial charge is 0.338 e. The van der Waals surface area contributed by atoms with Gasteiger partial charge in [-0.1, -0.05) is 54.6 Å². The van der Waals surface area contributed by atoms with Gasteiger partial charge in [0.2, 0.25) is 0 Å². The molecule has 0 saturated heterocycles. The Kier molecular flexibility index (Phi) is 4.57. The van der Waals surface area contributed by atoms with Crippen LogP contribution >= 0.6 is 0 Å². The minimum absolute atomic E-state index is 0.336. The Labute approximate surface area is 135 Å². The van der Waals surface area contributed by atoms with Crippen molar-refractivity contribution in [3.05, 3.63) is 77.9 Å². The van der Waals surface area contributed by atoms with Gasteiger partial charge in [0.15, 0.2) is 0 Å². The van der Waals surface area contributed by atoms with E-state index in [1.54, 1.807) is 6.07 Å². The predicted molar refractivity (Wildman–Crippen MR) is 90.9 cm³/mol. The van der Waals surface area contributed by atoms with Gasteiger partial charge in [-0.25, -0.2) is 4.79 Å². The fourth-order valence-corrected chi connectivity index (χ4v) is 2.61. The normalized spacial score (nSPS) is 10.5. The molecule has 0 fully saturated rings. The largest absolute Gasteiger partial charge is 0.493 e. The molecule has 3 nitrogen and oxygen atoms in total. The quantitative estimate of drug-likeness (QED) is 0.661. The van der Waals surface area contributed by atoms with E-state index in [0.29, 0.717) is 12.2 Å². The zero-order chi connectivity index (χ0) is 16.1. The fourth-order valence-electron chi connectivity index (χ4n) is 2.61. The molecule has 0 radical (unpaired) electrons. The number of benzene rings is 3. The maximum atomic E-state index is 11.9. The zero-order valence-corrected chi connectivity index (χ0v) is 13.0. The van der Waals surface area contributed by atoms with Crippen molar-refractivity contribution >= 4 is 16.7 Å². The van der Waals surface area contributed by atoms with Gasteiger partial charge in [0.1, 0.15) is 5.75 Å². The van der Waals surface area contributed by atoms with Gasteiger partial charge in [-0.05, 0) is 23.1 Å². The number of esters is 1. The summed E-state index contributed by atoms with van der Waals surface area (Å²) in [4.78, 5) is 11.9. The summed E-state index contributed by atoms with van der Waals surface area (Å²) in [5, 5.41) is 1.76. The van der Waals surface area contributed by atoms with Gasteiger partial charge in [0.25, 0.3) is 0 Å². The number of methoxy groups -OCH3 is 1. The van der Waals surface area contributed by atoms with Gasteiger partial charge in [0, 0.05) is 11.8 Å². The Balaban J connectivity index is 1.83. The maximum Gasteiger partial charge on any atom is 0.338 e. The average molecular weight is 306 g/mol. The van der Waals surface area contributed by atoms with E-state index in [4.69, 9.17) is 9.47 Å². The highest BCUT2D eigenvalue weighted by molar-refractivity contribution is 6.06. The number of fused-ring (bicyclic) bond motifs is 1. The summed E-state index contributed by atoms with van der Waals surface area (Å²) in [6.45, 7) is 0.589. The first-order chi connectivity index (χ1) is 11.3. The van der Waals surface area contributed by atoms with E-state index in [9.17, 15) is 4.79 Å². The number of hydrogen-bond acceptors (Lipinski definition) is 3. The van der Waals surface area contributed by atoms with E-state index < -0.39 is 0 Å². The van der Waals surface area contributed by atoms with Crippen LogP contribution in [0.5, 0.6) is 5.75 Å². The van der Waals surface area contributed by atoms with E-state index >= 15 is 0 Å². The molecule has 3 heteroatoms. The molecule has 0 spiro atoms. The summed E-state index contributed by atoms with van der Waals surface area (Å²) >= 11 is 0. The summed E-state index contributed by atoms with van der Waals surface area (Å²) in [6.07, 6.45) is 0.841. The molecule has 0 atom stereocenters. The zero-order valence-electron chi connectivity index (χ0n) is 13.0. The molecule has 0 amide bonds. The highest BCUT2D eigenvalue weighted by Crippen LogP contribution is 2.29. The Hall–Kier alpha value is -2.81. The highest BCUT2D eigenvalue weighted by atomic mass is 16.5. The Bertz CT molecular complexity index is 809. The fraction of sp³-hybridized carbons (Fsp3) is 0.150. The standard InChI is InChI=1S/C20H18O3/c1-22-20(21)18-11-12-19(17-10-6-5-9-16(17)18)23-14-13-15-7-3-2-4-8-15/h2-12H,13-14H2,1H3. The van der Waals surface area contributed by atoms with Crippen LogP contribution in [0.3, 0.4) is 0 Å². The second-order valence-corrected chi connectivity index (χ2v) is 5.23. The molecule has 0 aliphatic heterocycles. The second kappa shape index (κ2) is 6.97. The summed E-state index contributed by atoms with van der Waals surface area (Å²) in [5.41, 5.74) is 1.79. The lowest BCUT2D eigenvalue weighted by molar-refractivity contribution is 0.0603. The Morgan fingerprint density at radius 1 is 0.870 bits per heavy atom. The number of carbonyl (C=O) groups is 1. The molecule has 0 aliphatic rings. The SMILES string of the molecule is COC(=O)c1ccc(OCCc2ccccc2)c2ccccc12. The number of carbonyl (C=O) groups excluding carboxylic acids is 1. The third-order valence-electron chi connectivity index (χ3n) is 3.78. The lowest BCUT2D eigenvalue weighted by Crippen LogP contribution is -2.05. The second-order valence-electron chi connectivity index (χ2n) is 5.23. The van der Waals surface area contributed by atoms with E-state index in [1.165, 1.54) is 12.7 Å². The molecule has 0 bridgehead atoms. The van der Waals surface area contributed by atoms with Crippen LogP contribution < -0.4 is 4.74 Å². The first-order valence-corrected chi connectivity index (χ1v) is 7.56. The molecule has 0 N–H and O–H groups in total. The van der Waals surface area contributed by atoms with Gasteiger partial charge in [-0.3, -0.25) is 0 Å². The van der Waals surface area contributed by atoms with Crippen LogP contribution in [-0.4, -0.2) is 19.7 Å². The Morgan fingerprint density at radius 2 is 1.57 bits per heavy atom. The molecular weight excluding hydrogens is 288 g/mol. The Morgan fingerprint density at radius 3 is 2.30 bits per heavy atom. The van der Waals surface area contributed by atoms with Crippen LogP contribution in [0.25, 0.3) is 10.8 Å². The number of ether oxygens (including phenoxy) is 2. The summed E-state index contributed by atoms with van der Waals surface area (Å²) in [6, 6.07) is 21.5. The van der Waals surface area contributed by atoms with Gasteiger partial charge in [0.05, 0.1) is 19.3 Å². The van der Waals surface area contributed by atoms with E-state index in [-0.39, 0.29) is 5.97 Å². The van der Waals surface area contributed by atoms with Gasteiger partial charge in [-0.15, -0.1) is 0 Å². The minimum atomic E-state index is -0.336. The van der Waals surface area contributed by atoms with Crippen molar-refractivity contribution < 1.29 is 14.3 Å². The van der Waals surface area contributed by atoms with Gasteiger partial charge >= 0.3 is 5.97 Å². The third-order valence-corrected chi connectivity index (χ3v) is 3.78. The minimum Gasteiger partial charge on any atom is -0.493 e. The monoisotopic (exact) mass is 306 g/mol. The van der Waals surface area contributed by atoms with Gasteiger partial charge < -0.3 is 9.47 Å².